The van der Waals surface area contributed by atoms with Gasteiger partial charge in [0.1, 0.15) is 11.6 Å². The highest BCUT2D eigenvalue weighted by atomic mass is 19.1. The highest BCUT2D eigenvalue weighted by Gasteiger charge is 2.31. The van der Waals surface area contributed by atoms with E-state index < -0.39 is 17.8 Å². The van der Waals surface area contributed by atoms with Gasteiger partial charge in [-0.15, -0.1) is 0 Å². The number of hydrogen-bond donors (Lipinski definition) is 1. The quantitative estimate of drug-likeness (QED) is 0.936. The Kier molecular flexibility index (Phi) is 4.46. The summed E-state index contributed by atoms with van der Waals surface area (Å²) in [5, 5.41) is 2.56. The molecular weight excluding hydrogens is 311 g/mol. The summed E-state index contributed by atoms with van der Waals surface area (Å²) >= 11 is 0. The molecule has 0 radical (unpaired) electrons. The molecule has 1 N–H and O–H groups in total. The number of anilines is 1. The summed E-state index contributed by atoms with van der Waals surface area (Å²) in [7, 11) is 1.54. The van der Waals surface area contributed by atoms with Crippen molar-refractivity contribution in [2.45, 2.75) is 12.5 Å². The third kappa shape index (κ3) is 3.53. The van der Waals surface area contributed by atoms with Crippen molar-refractivity contribution in [2.24, 2.45) is 0 Å². The zero-order valence-electron chi connectivity index (χ0n) is 13.2. The molecule has 1 aliphatic rings. The molecular formula is C18H17FN2O3. The van der Waals surface area contributed by atoms with Crippen LogP contribution in [0.1, 0.15) is 5.56 Å². The Morgan fingerprint density at radius 3 is 2.79 bits per heavy atom. The van der Waals surface area contributed by atoms with Crippen molar-refractivity contribution in [3.05, 3.63) is 59.9 Å². The highest BCUT2D eigenvalue weighted by Crippen LogP contribution is 2.28. The van der Waals surface area contributed by atoms with E-state index in [1.54, 1.807) is 13.1 Å². The number of halogens is 1. The molecule has 0 aliphatic carbocycles. The first-order chi connectivity index (χ1) is 11.5. The predicted molar refractivity (Wildman–Crippen MR) is 87.2 cm³/mol. The minimum Gasteiger partial charge on any atom is -0.480 e. The normalized spacial score (nSPS) is 15.3. The van der Waals surface area contributed by atoms with Crippen molar-refractivity contribution in [3.63, 3.8) is 0 Å². The van der Waals surface area contributed by atoms with Crippen molar-refractivity contribution in [3.8, 4) is 5.75 Å². The number of nitrogens with zero attached hydrogens (tertiary/aromatic N) is 1. The van der Waals surface area contributed by atoms with Gasteiger partial charge >= 0.3 is 0 Å². The fourth-order valence-electron chi connectivity index (χ4n) is 2.63. The van der Waals surface area contributed by atoms with E-state index in [1.807, 2.05) is 24.3 Å². The molecule has 2 amide bonds. The molecule has 0 fully saturated rings. The highest BCUT2D eigenvalue weighted by molar-refractivity contribution is 5.95. The Hall–Kier alpha value is -2.89. The third-order valence-electron chi connectivity index (χ3n) is 3.79. The van der Waals surface area contributed by atoms with Crippen molar-refractivity contribution < 1.29 is 18.7 Å². The zero-order valence-corrected chi connectivity index (χ0v) is 13.2. The summed E-state index contributed by atoms with van der Waals surface area (Å²) in [6.07, 6.45) is -0.125. The molecule has 5 nitrogen and oxygen atoms in total. The number of para-hydroxylation sites is 1. The fourth-order valence-corrected chi connectivity index (χ4v) is 2.63. The van der Waals surface area contributed by atoms with Crippen LogP contribution in [0.4, 0.5) is 10.1 Å². The molecule has 1 aliphatic heterocycles. The third-order valence-corrected chi connectivity index (χ3v) is 3.79. The molecule has 0 saturated carbocycles. The standard InChI is InChI=1S/C18H17FN2O3/c1-21(11-17(22)20-14-7-4-6-13(19)10-14)18(23)16-9-12-5-2-3-8-15(12)24-16/h2-8,10,16H,9,11H2,1H3,(H,20,22)/t16-/m0/s1. The van der Waals surface area contributed by atoms with E-state index in [4.69, 9.17) is 4.74 Å². The Labute approximate surface area is 139 Å². The van der Waals surface area contributed by atoms with Crippen molar-refractivity contribution in [1.29, 1.82) is 0 Å². The molecule has 24 heavy (non-hydrogen) atoms. The van der Waals surface area contributed by atoms with E-state index in [2.05, 4.69) is 5.32 Å². The maximum Gasteiger partial charge on any atom is 0.264 e. The van der Waals surface area contributed by atoms with Gasteiger partial charge in [0.15, 0.2) is 6.10 Å². The lowest BCUT2D eigenvalue weighted by molar-refractivity contribution is -0.139. The molecule has 0 bridgehead atoms. The van der Waals surface area contributed by atoms with Crippen molar-refractivity contribution in [1.82, 2.24) is 4.90 Å². The minimum absolute atomic E-state index is 0.133. The van der Waals surface area contributed by atoms with E-state index in [-0.39, 0.29) is 12.5 Å². The predicted octanol–water partition coefficient (Wildman–Crippen LogP) is 2.23. The summed E-state index contributed by atoms with van der Waals surface area (Å²) in [6.45, 7) is -0.133. The van der Waals surface area contributed by atoms with E-state index >= 15 is 0 Å². The number of rotatable bonds is 4. The summed E-state index contributed by atoms with van der Waals surface area (Å²) in [5.74, 6) is -0.393. The van der Waals surface area contributed by atoms with Gasteiger partial charge in [0, 0.05) is 19.2 Å². The lowest BCUT2D eigenvalue weighted by Gasteiger charge is -2.20. The first-order valence-corrected chi connectivity index (χ1v) is 7.58. The van der Waals surface area contributed by atoms with E-state index in [0.717, 1.165) is 5.56 Å². The monoisotopic (exact) mass is 328 g/mol. The van der Waals surface area contributed by atoms with Crippen LogP contribution < -0.4 is 10.1 Å². The van der Waals surface area contributed by atoms with Crippen LogP contribution in [0.5, 0.6) is 5.75 Å². The van der Waals surface area contributed by atoms with Crippen LogP contribution in [0.25, 0.3) is 0 Å². The number of likely N-dealkylation sites (N-methyl/N-ethyl adjacent to an activating group) is 1. The number of nitrogens with one attached hydrogen (secondary N) is 1. The lowest BCUT2D eigenvalue weighted by Crippen LogP contribution is -2.42. The molecule has 2 aromatic carbocycles. The molecule has 0 saturated heterocycles. The summed E-state index contributed by atoms with van der Waals surface area (Å²) in [4.78, 5) is 25.7. The molecule has 1 heterocycles. The number of carbonyl (C=O) groups is 2. The summed E-state index contributed by atoms with van der Waals surface area (Å²) < 4.78 is 18.7. The minimum atomic E-state index is -0.616. The topological polar surface area (TPSA) is 58.6 Å². The van der Waals surface area contributed by atoms with Crippen LogP contribution in [0, 0.1) is 5.82 Å². The van der Waals surface area contributed by atoms with Crippen LogP contribution in [-0.2, 0) is 16.0 Å². The van der Waals surface area contributed by atoms with Gasteiger partial charge in [-0.25, -0.2) is 4.39 Å². The number of ether oxygens (including phenoxy) is 1. The maximum absolute atomic E-state index is 13.1. The van der Waals surface area contributed by atoms with Crippen LogP contribution in [-0.4, -0.2) is 36.4 Å². The van der Waals surface area contributed by atoms with Gasteiger partial charge in [0.2, 0.25) is 5.91 Å². The van der Waals surface area contributed by atoms with Gasteiger partial charge in [-0.1, -0.05) is 24.3 Å². The van der Waals surface area contributed by atoms with E-state index in [9.17, 15) is 14.0 Å². The van der Waals surface area contributed by atoms with Gasteiger partial charge in [-0.3, -0.25) is 9.59 Å². The van der Waals surface area contributed by atoms with Crippen LogP contribution >= 0.6 is 0 Å². The van der Waals surface area contributed by atoms with Gasteiger partial charge in [-0.2, -0.15) is 0 Å². The second kappa shape index (κ2) is 6.70. The van der Waals surface area contributed by atoms with E-state index in [0.29, 0.717) is 17.9 Å². The largest absolute Gasteiger partial charge is 0.480 e. The number of fused-ring (bicyclic) bond motifs is 1. The van der Waals surface area contributed by atoms with Crippen LogP contribution in [0.15, 0.2) is 48.5 Å². The average Bonchev–Trinajstić information content (AvgIpc) is 2.97. The number of carbonyl (C=O) groups excluding carboxylic acids is 2. The molecule has 2 aromatic rings. The smallest absolute Gasteiger partial charge is 0.264 e. The summed E-state index contributed by atoms with van der Waals surface area (Å²) in [5.41, 5.74) is 1.33. The second-order valence-electron chi connectivity index (χ2n) is 5.67. The zero-order chi connectivity index (χ0) is 17.1. The summed E-state index contributed by atoms with van der Waals surface area (Å²) in [6, 6.07) is 13.1. The first-order valence-electron chi connectivity index (χ1n) is 7.58. The van der Waals surface area contributed by atoms with Gasteiger partial charge in [0.05, 0.1) is 6.54 Å². The average molecular weight is 328 g/mol. The Bertz CT molecular complexity index is 753. The Morgan fingerprint density at radius 1 is 1.25 bits per heavy atom. The molecule has 0 spiro atoms. The molecule has 3 rings (SSSR count). The van der Waals surface area contributed by atoms with Crippen molar-refractivity contribution in [2.75, 3.05) is 18.9 Å². The Balaban J connectivity index is 1.56. The Morgan fingerprint density at radius 2 is 2.04 bits per heavy atom. The van der Waals surface area contributed by atoms with Crippen LogP contribution in [0.2, 0.25) is 0 Å². The van der Waals surface area contributed by atoms with Gasteiger partial charge in [-0.05, 0) is 29.8 Å². The SMILES string of the molecule is CN(CC(=O)Nc1cccc(F)c1)C(=O)[C@@H]1Cc2ccccc2O1. The molecule has 0 aromatic heterocycles. The van der Waals surface area contributed by atoms with Crippen LogP contribution in [0.3, 0.4) is 0 Å². The second-order valence-corrected chi connectivity index (χ2v) is 5.67. The fraction of sp³-hybridized carbons (Fsp3) is 0.222. The lowest BCUT2D eigenvalue weighted by atomic mass is 10.1. The molecule has 0 unspecified atom stereocenters. The van der Waals surface area contributed by atoms with Crippen molar-refractivity contribution >= 4 is 17.5 Å². The molecule has 1 atom stereocenters. The molecule has 6 heteroatoms. The number of hydrogen-bond acceptors (Lipinski definition) is 3. The number of amides is 2. The van der Waals surface area contributed by atoms with Gasteiger partial charge < -0.3 is 15.0 Å². The first kappa shape index (κ1) is 16.0. The molecule has 124 valence electrons. The van der Waals surface area contributed by atoms with Gasteiger partial charge in [0.25, 0.3) is 5.91 Å². The maximum atomic E-state index is 13.1. The van der Waals surface area contributed by atoms with E-state index in [1.165, 1.54) is 23.1 Å². The number of benzene rings is 2.